The summed E-state index contributed by atoms with van der Waals surface area (Å²) >= 11 is 1.53. The van der Waals surface area contributed by atoms with Gasteiger partial charge in [0.1, 0.15) is 10.7 Å². The van der Waals surface area contributed by atoms with Crippen LogP contribution in [0, 0.1) is 0 Å². The Hall–Kier alpha value is -2.72. The molecule has 0 aliphatic rings. The van der Waals surface area contributed by atoms with E-state index in [1.165, 1.54) is 16.9 Å². The fourth-order valence-electron chi connectivity index (χ4n) is 3.00. The number of hydrogen-bond acceptors (Lipinski definition) is 3. The standard InChI is InChI=1S/C21H18N2OS/c1-2-14-8-10-16(11-9-14)17-13-25-21-19(17)20(24)22-18(23-21)12-15-6-4-3-5-7-15/h3-11,13H,2,12H2,1H3,(H,22,23,24). The summed E-state index contributed by atoms with van der Waals surface area (Å²) in [5.74, 6) is 0.707. The van der Waals surface area contributed by atoms with Gasteiger partial charge < -0.3 is 4.98 Å². The molecule has 0 saturated carbocycles. The van der Waals surface area contributed by atoms with Gasteiger partial charge in [-0.3, -0.25) is 4.79 Å². The first-order valence-electron chi connectivity index (χ1n) is 8.38. The van der Waals surface area contributed by atoms with E-state index < -0.39 is 0 Å². The Kier molecular flexibility index (Phi) is 4.20. The zero-order valence-electron chi connectivity index (χ0n) is 14.0. The van der Waals surface area contributed by atoms with Crippen molar-refractivity contribution in [3.05, 3.63) is 87.3 Å². The maximum Gasteiger partial charge on any atom is 0.260 e. The fourth-order valence-corrected chi connectivity index (χ4v) is 3.97. The van der Waals surface area contributed by atoms with Crippen LogP contribution in [-0.4, -0.2) is 9.97 Å². The molecule has 124 valence electrons. The quantitative estimate of drug-likeness (QED) is 0.577. The van der Waals surface area contributed by atoms with Crippen LogP contribution in [0.4, 0.5) is 0 Å². The van der Waals surface area contributed by atoms with Gasteiger partial charge in [0.2, 0.25) is 0 Å². The number of rotatable bonds is 4. The van der Waals surface area contributed by atoms with Gasteiger partial charge in [-0.05, 0) is 23.1 Å². The molecule has 0 amide bonds. The van der Waals surface area contributed by atoms with Crippen molar-refractivity contribution >= 4 is 21.6 Å². The molecule has 2 aromatic heterocycles. The Morgan fingerprint density at radius 3 is 2.48 bits per heavy atom. The molecule has 0 atom stereocenters. The maximum absolute atomic E-state index is 12.7. The number of nitrogens with one attached hydrogen (secondary N) is 1. The van der Waals surface area contributed by atoms with E-state index in [0.29, 0.717) is 17.6 Å². The lowest BCUT2D eigenvalue weighted by molar-refractivity contribution is 0.977. The number of nitrogens with zero attached hydrogens (tertiary/aromatic N) is 1. The van der Waals surface area contributed by atoms with Crippen molar-refractivity contribution in [2.75, 3.05) is 0 Å². The first kappa shape index (κ1) is 15.8. The van der Waals surface area contributed by atoms with Crippen LogP contribution in [0.5, 0.6) is 0 Å². The van der Waals surface area contributed by atoms with Gasteiger partial charge in [0.25, 0.3) is 5.56 Å². The average molecular weight is 346 g/mol. The third-order valence-corrected chi connectivity index (χ3v) is 5.25. The third kappa shape index (κ3) is 3.13. The van der Waals surface area contributed by atoms with E-state index in [1.54, 1.807) is 0 Å². The van der Waals surface area contributed by atoms with E-state index in [-0.39, 0.29) is 5.56 Å². The summed E-state index contributed by atoms with van der Waals surface area (Å²) in [5.41, 5.74) is 4.39. The summed E-state index contributed by atoms with van der Waals surface area (Å²) in [5, 5.41) is 2.71. The van der Waals surface area contributed by atoms with Crippen molar-refractivity contribution in [1.82, 2.24) is 9.97 Å². The topological polar surface area (TPSA) is 45.8 Å². The average Bonchev–Trinajstić information content (AvgIpc) is 3.07. The molecule has 0 fully saturated rings. The second-order valence-electron chi connectivity index (χ2n) is 6.06. The molecule has 4 aromatic rings. The molecule has 25 heavy (non-hydrogen) atoms. The van der Waals surface area contributed by atoms with Gasteiger partial charge in [0.05, 0.1) is 5.39 Å². The molecule has 4 heteroatoms. The first-order chi connectivity index (χ1) is 12.2. The minimum absolute atomic E-state index is 0.0632. The van der Waals surface area contributed by atoms with E-state index in [1.807, 2.05) is 35.7 Å². The summed E-state index contributed by atoms with van der Waals surface area (Å²) in [6.45, 7) is 2.14. The van der Waals surface area contributed by atoms with E-state index in [2.05, 4.69) is 41.2 Å². The van der Waals surface area contributed by atoms with Crippen LogP contribution in [-0.2, 0) is 12.8 Å². The molecule has 0 unspecified atom stereocenters. The maximum atomic E-state index is 12.7. The van der Waals surface area contributed by atoms with Gasteiger partial charge in [-0.2, -0.15) is 0 Å². The first-order valence-corrected chi connectivity index (χ1v) is 9.26. The Bertz CT molecular complexity index is 1060. The van der Waals surface area contributed by atoms with E-state index in [0.717, 1.165) is 27.9 Å². The molecular formula is C21H18N2OS. The van der Waals surface area contributed by atoms with Crippen molar-refractivity contribution < 1.29 is 0 Å². The molecule has 3 nitrogen and oxygen atoms in total. The monoisotopic (exact) mass is 346 g/mol. The zero-order chi connectivity index (χ0) is 17.2. The summed E-state index contributed by atoms with van der Waals surface area (Å²) in [6.07, 6.45) is 1.64. The molecular weight excluding hydrogens is 328 g/mol. The van der Waals surface area contributed by atoms with Gasteiger partial charge in [-0.15, -0.1) is 11.3 Å². The molecule has 4 rings (SSSR count). The number of hydrogen-bond donors (Lipinski definition) is 1. The Morgan fingerprint density at radius 1 is 1.00 bits per heavy atom. The van der Waals surface area contributed by atoms with Crippen molar-refractivity contribution in [3.63, 3.8) is 0 Å². The number of aromatic nitrogens is 2. The number of aryl methyl sites for hydroxylation is 1. The van der Waals surface area contributed by atoms with Crippen LogP contribution in [0.25, 0.3) is 21.3 Å². The molecule has 2 heterocycles. The van der Waals surface area contributed by atoms with Crippen molar-refractivity contribution in [3.8, 4) is 11.1 Å². The van der Waals surface area contributed by atoms with Gasteiger partial charge >= 0.3 is 0 Å². The van der Waals surface area contributed by atoms with E-state index >= 15 is 0 Å². The summed E-state index contributed by atoms with van der Waals surface area (Å²) in [4.78, 5) is 21.1. The molecule has 0 radical (unpaired) electrons. The molecule has 0 aliphatic heterocycles. The van der Waals surface area contributed by atoms with Crippen LogP contribution in [0.3, 0.4) is 0 Å². The smallest absolute Gasteiger partial charge is 0.260 e. The predicted octanol–water partition coefficient (Wildman–Crippen LogP) is 4.80. The summed E-state index contributed by atoms with van der Waals surface area (Å²) in [7, 11) is 0. The summed E-state index contributed by atoms with van der Waals surface area (Å²) in [6, 6.07) is 18.4. The molecule has 0 aliphatic carbocycles. The lowest BCUT2D eigenvalue weighted by Gasteiger charge is -2.03. The number of benzene rings is 2. The van der Waals surface area contributed by atoms with Crippen molar-refractivity contribution in [2.45, 2.75) is 19.8 Å². The van der Waals surface area contributed by atoms with Crippen LogP contribution in [0.15, 0.2) is 64.8 Å². The van der Waals surface area contributed by atoms with Crippen molar-refractivity contribution in [1.29, 1.82) is 0 Å². The Morgan fingerprint density at radius 2 is 1.76 bits per heavy atom. The second kappa shape index (κ2) is 6.65. The minimum atomic E-state index is -0.0632. The molecule has 1 N–H and O–H groups in total. The Labute approximate surface area is 150 Å². The number of aromatic amines is 1. The summed E-state index contributed by atoms with van der Waals surface area (Å²) < 4.78 is 0. The molecule has 0 bridgehead atoms. The van der Waals surface area contributed by atoms with Gasteiger partial charge in [0.15, 0.2) is 0 Å². The van der Waals surface area contributed by atoms with Gasteiger partial charge in [-0.1, -0.05) is 61.5 Å². The van der Waals surface area contributed by atoms with E-state index in [9.17, 15) is 4.79 Å². The number of fused-ring (bicyclic) bond motifs is 1. The number of H-pyrrole nitrogens is 1. The van der Waals surface area contributed by atoms with Gasteiger partial charge in [0, 0.05) is 17.4 Å². The highest BCUT2D eigenvalue weighted by molar-refractivity contribution is 7.17. The normalized spacial score (nSPS) is 11.1. The van der Waals surface area contributed by atoms with Crippen molar-refractivity contribution in [2.24, 2.45) is 0 Å². The minimum Gasteiger partial charge on any atom is -0.310 e. The fraction of sp³-hybridized carbons (Fsp3) is 0.143. The highest BCUT2D eigenvalue weighted by Crippen LogP contribution is 2.31. The molecule has 2 aromatic carbocycles. The highest BCUT2D eigenvalue weighted by atomic mass is 32.1. The number of thiophene rings is 1. The molecule has 0 saturated heterocycles. The van der Waals surface area contributed by atoms with Crippen LogP contribution in [0.2, 0.25) is 0 Å². The lowest BCUT2D eigenvalue weighted by Crippen LogP contribution is -2.11. The SMILES string of the molecule is CCc1ccc(-c2csc3nc(Cc4ccccc4)[nH]c(=O)c23)cc1. The predicted molar refractivity (Wildman–Crippen MR) is 104 cm³/mol. The molecule has 0 spiro atoms. The van der Waals surface area contributed by atoms with E-state index in [4.69, 9.17) is 0 Å². The third-order valence-electron chi connectivity index (χ3n) is 4.38. The van der Waals surface area contributed by atoms with Crippen LogP contribution >= 0.6 is 11.3 Å². The van der Waals surface area contributed by atoms with Crippen LogP contribution in [0.1, 0.15) is 23.9 Å². The second-order valence-corrected chi connectivity index (χ2v) is 6.91. The van der Waals surface area contributed by atoms with Gasteiger partial charge in [-0.25, -0.2) is 4.98 Å². The largest absolute Gasteiger partial charge is 0.310 e. The Balaban J connectivity index is 1.75. The zero-order valence-corrected chi connectivity index (χ0v) is 14.8. The van der Waals surface area contributed by atoms with Crippen LogP contribution < -0.4 is 5.56 Å². The highest BCUT2D eigenvalue weighted by Gasteiger charge is 2.13. The lowest BCUT2D eigenvalue weighted by atomic mass is 10.0.